The first-order valence-electron chi connectivity index (χ1n) is 8.04. The fraction of sp³-hybridized carbons (Fsp3) is 0.222. The predicted molar refractivity (Wildman–Crippen MR) is 104 cm³/mol. The molecule has 2 aromatic rings. The van der Waals surface area contributed by atoms with Crippen LogP contribution in [0.4, 0.5) is 17.1 Å². The Balaban J connectivity index is 2.05. The van der Waals surface area contributed by atoms with Gasteiger partial charge in [-0.05, 0) is 30.7 Å². The minimum absolute atomic E-state index is 0.0431. The van der Waals surface area contributed by atoms with Crippen molar-refractivity contribution in [3.8, 4) is 5.75 Å². The summed E-state index contributed by atoms with van der Waals surface area (Å²) >= 11 is 6.01. The summed E-state index contributed by atoms with van der Waals surface area (Å²) < 4.78 is 10.1. The number of nitro groups is 1. The summed E-state index contributed by atoms with van der Waals surface area (Å²) in [6, 6.07) is 7.01. The number of methoxy groups -OCH3 is 1. The molecule has 2 aromatic carbocycles. The molecule has 0 fully saturated rings. The van der Waals surface area contributed by atoms with Crippen molar-refractivity contribution in [1.82, 2.24) is 0 Å². The number of rotatable bonds is 7. The molecule has 0 radical (unpaired) electrons. The molecule has 1 amide bonds. The maximum Gasteiger partial charge on any atom is 0.338 e. The van der Waals surface area contributed by atoms with E-state index in [-0.39, 0.29) is 16.9 Å². The quantitative estimate of drug-likeness (QED) is 0.410. The van der Waals surface area contributed by atoms with Crippen molar-refractivity contribution in [3.63, 3.8) is 0 Å². The van der Waals surface area contributed by atoms with E-state index in [4.69, 9.17) is 21.1 Å². The number of halogens is 1. The first kappa shape index (κ1) is 21.0. The molecule has 0 heterocycles. The number of benzene rings is 2. The third-order valence-corrected chi connectivity index (χ3v) is 4.20. The number of carbonyl (C=O) groups is 2. The van der Waals surface area contributed by atoms with Crippen LogP contribution >= 0.6 is 11.6 Å². The molecular formula is C18H18ClN3O6. The van der Waals surface area contributed by atoms with Gasteiger partial charge in [-0.3, -0.25) is 14.9 Å². The zero-order valence-corrected chi connectivity index (χ0v) is 16.1. The highest BCUT2D eigenvalue weighted by atomic mass is 35.5. The summed E-state index contributed by atoms with van der Waals surface area (Å²) in [7, 11) is 2.95. The lowest BCUT2D eigenvalue weighted by atomic mass is 10.1. The SMILES string of the molecule is CNc1ccc(C(=O)OCC(=O)Nc2cc(C)c(Cl)cc2OC)cc1[N+](=O)[O-]. The molecule has 0 spiro atoms. The Morgan fingerprint density at radius 1 is 1.21 bits per heavy atom. The van der Waals surface area contributed by atoms with Crippen molar-refractivity contribution in [2.75, 3.05) is 31.4 Å². The third kappa shape index (κ3) is 4.89. The van der Waals surface area contributed by atoms with Gasteiger partial charge in [-0.1, -0.05) is 11.6 Å². The van der Waals surface area contributed by atoms with Crippen molar-refractivity contribution in [1.29, 1.82) is 0 Å². The lowest BCUT2D eigenvalue weighted by molar-refractivity contribution is -0.384. The summed E-state index contributed by atoms with van der Waals surface area (Å²) in [5, 5.41) is 16.8. The fourth-order valence-electron chi connectivity index (χ4n) is 2.35. The van der Waals surface area contributed by atoms with Gasteiger partial charge in [0.25, 0.3) is 11.6 Å². The first-order valence-corrected chi connectivity index (χ1v) is 8.42. The molecule has 0 aliphatic rings. The molecule has 10 heteroatoms. The first-order chi connectivity index (χ1) is 13.3. The second kappa shape index (κ2) is 9.05. The van der Waals surface area contributed by atoms with Crippen LogP contribution in [0.3, 0.4) is 0 Å². The number of aryl methyl sites for hydroxylation is 1. The van der Waals surface area contributed by atoms with E-state index in [0.717, 1.165) is 11.6 Å². The van der Waals surface area contributed by atoms with Crippen LogP contribution in [0.2, 0.25) is 5.02 Å². The molecule has 0 saturated heterocycles. The maximum absolute atomic E-state index is 12.1. The Hall–Kier alpha value is -3.33. The monoisotopic (exact) mass is 407 g/mol. The van der Waals surface area contributed by atoms with Crippen LogP contribution in [-0.2, 0) is 9.53 Å². The van der Waals surface area contributed by atoms with E-state index in [9.17, 15) is 19.7 Å². The highest BCUT2D eigenvalue weighted by Gasteiger charge is 2.19. The summed E-state index contributed by atoms with van der Waals surface area (Å²) in [5.41, 5.74) is 1.04. The zero-order valence-electron chi connectivity index (χ0n) is 15.4. The number of hydrogen-bond donors (Lipinski definition) is 2. The van der Waals surface area contributed by atoms with E-state index in [2.05, 4.69) is 10.6 Å². The molecule has 2 rings (SSSR count). The van der Waals surface area contributed by atoms with Gasteiger partial charge in [-0.25, -0.2) is 4.79 Å². The van der Waals surface area contributed by atoms with E-state index in [1.54, 1.807) is 19.1 Å². The van der Waals surface area contributed by atoms with Crippen LogP contribution in [-0.4, -0.2) is 37.6 Å². The van der Waals surface area contributed by atoms with Gasteiger partial charge in [0.05, 0.1) is 23.3 Å². The van der Waals surface area contributed by atoms with Gasteiger partial charge in [-0.2, -0.15) is 0 Å². The van der Waals surface area contributed by atoms with E-state index in [1.165, 1.54) is 26.3 Å². The van der Waals surface area contributed by atoms with Crippen LogP contribution in [0.15, 0.2) is 30.3 Å². The number of nitro benzene ring substituents is 1. The fourth-order valence-corrected chi connectivity index (χ4v) is 2.51. The van der Waals surface area contributed by atoms with Gasteiger partial charge >= 0.3 is 5.97 Å². The molecule has 0 aliphatic heterocycles. The molecule has 2 N–H and O–H groups in total. The molecule has 0 bridgehead atoms. The average Bonchev–Trinajstić information content (AvgIpc) is 2.68. The van der Waals surface area contributed by atoms with Crippen molar-refractivity contribution in [3.05, 3.63) is 56.6 Å². The number of anilines is 2. The summed E-state index contributed by atoms with van der Waals surface area (Å²) in [5.74, 6) is -1.11. The summed E-state index contributed by atoms with van der Waals surface area (Å²) in [4.78, 5) is 34.6. The van der Waals surface area contributed by atoms with Gasteiger partial charge in [0, 0.05) is 24.2 Å². The van der Waals surface area contributed by atoms with Crippen molar-refractivity contribution < 1.29 is 24.0 Å². The molecule has 0 aromatic heterocycles. The largest absolute Gasteiger partial charge is 0.495 e. The smallest absolute Gasteiger partial charge is 0.338 e. The van der Waals surface area contributed by atoms with Gasteiger partial charge < -0.3 is 20.1 Å². The van der Waals surface area contributed by atoms with E-state index in [0.29, 0.717) is 16.5 Å². The van der Waals surface area contributed by atoms with Crippen LogP contribution in [0.25, 0.3) is 0 Å². The Bertz CT molecular complexity index is 932. The lowest BCUT2D eigenvalue weighted by Gasteiger charge is -2.12. The number of ether oxygens (including phenoxy) is 2. The number of nitrogens with zero attached hydrogens (tertiary/aromatic N) is 1. The van der Waals surface area contributed by atoms with E-state index in [1.807, 2.05) is 0 Å². The number of carbonyl (C=O) groups excluding carboxylic acids is 2. The second-order valence-electron chi connectivity index (χ2n) is 5.67. The van der Waals surface area contributed by atoms with Crippen molar-refractivity contribution >= 4 is 40.5 Å². The Morgan fingerprint density at radius 3 is 2.54 bits per heavy atom. The topological polar surface area (TPSA) is 120 Å². The standard InChI is InChI=1S/C18H18ClN3O6/c1-10-6-14(16(27-3)8-12(10)19)21-17(23)9-28-18(24)11-4-5-13(20-2)15(7-11)22(25)26/h4-8,20H,9H2,1-3H3,(H,21,23). The van der Waals surface area contributed by atoms with Crippen molar-refractivity contribution in [2.45, 2.75) is 6.92 Å². The Labute approximate surface area is 165 Å². The van der Waals surface area contributed by atoms with Gasteiger partial charge in [0.15, 0.2) is 6.61 Å². The Kier molecular flexibility index (Phi) is 6.78. The van der Waals surface area contributed by atoms with Gasteiger partial charge in [-0.15, -0.1) is 0 Å². The van der Waals surface area contributed by atoms with Crippen molar-refractivity contribution in [2.24, 2.45) is 0 Å². The average molecular weight is 408 g/mol. The van der Waals surface area contributed by atoms with Crippen LogP contribution < -0.4 is 15.4 Å². The molecule has 28 heavy (non-hydrogen) atoms. The van der Waals surface area contributed by atoms with Gasteiger partial charge in [0.1, 0.15) is 11.4 Å². The lowest BCUT2D eigenvalue weighted by Crippen LogP contribution is -2.21. The molecule has 0 saturated carbocycles. The third-order valence-electron chi connectivity index (χ3n) is 3.79. The van der Waals surface area contributed by atoms with Crippen LogP contribution in [0, 0.1) is 17.0 Å². The molecule has 0 atom stereocenters. The number of nitrogens with one attached hydrogen (secondary N) is 2. The highest BCUT2D eigenvalue weighted by Crippen LogP contribution is 2.31. The molecule has 148 valence electrons. The maximum atomic E-state index is 12.1. The minimum Gasteiger partial charge on any atom is -0.495 e. The predicted octanol–water partition coefficient (Wildman–Crippen LogP) is 3.40. The van der Waals surface area contributed by atoms with E-state index < -0.39 is 23.4 Å². The summed E-state index contributed by atoms with van der Waals surface area (Å²) in [6.07, 6.45) is 0. The molecule has 0 aliphatic carbocycles. The van der Waals surface area contributed by atoms with E-state index >= 15 is 0 Å². The summed E-state index contributed by atoms with van der Waals surface area (Å²) in [6.45, 7) is 1.18. The number of hydrogen-bond acceptors (Lipinski definition) is 7. The molecule has 9 nitrogen and oxygen atoms in total. The Morgan fingerprint density at radius 2 is 1.93 bits per heavy atom. The highest BCUT2D eigenvalue weighted by molar-refractivity contribution is 6.31. The van der Waals surface area contributed by atoms with Gasteiger partial charge in [0.2, 0.25) is 0 Å². The second-order valence-corrected chi connectivity index (χ2v) is 6.07. The number of esters is 1. The van der Waals surface area contributed by atoms with Crippen LogP contribution in [0.1, 0.15) is 15.9 Å². The normalized spacial score (nSPS) is 10.1. The molecule has 0 unspecified atom stereocenters. The minimum atomic E-state index is -0.861. The zero-order chi connectivity index (χ0) is 20.8. The van der Waals surface area contributed by atoms with Crippen LogP contribution in [0.5, 0.6) is 5.75 Å². The number of amides is 1. The molecular weight excluding hydrogens is 390 g/mol.